The number of benzene rings is 1. The Morgan fingerprint density at radius 1 is 1.25 bits per heavy atom. The Labute approximate surface area is 162 Å². The lowest BCUT2D eigenvalue weighted by Gasteiger charge is -2.21. The second kappa shape index (κ2) is 11.7. The van der Waals surface area contributed by atoms with E-state index in [2.05, 4.69) is 42.4 Å². The first kappa shape index (κ1) is 21.2. The molecule has 1 aromatic carbocycles. The number of halogens is 1. The van der Waals surface area contributed by atoms with Crippen molar-refractivity contribution in [3.8, 4) is 0 Å². The molecule has 0 spiro atoms. The smallest absolute Gasteiger partial charge is 0.193 e. The number of nitrogens with one attached hydrogen (secondary N) is 1. The predicted octanol–water partition coefficient (Wildman–Crippen LogP) is 3.48. The molecular formula is C18H30IN3O2. The molecule has 0 radical (unpaired) electrons. The maximum atomic E-state index is 5.92. The third-order valence-corrected chi connectivity index (χ3v) is 3.92. The van der Waals surface area contributed by atoms with Gasteiger partial charge in [-0.3, -0.25) is 4.99 Å². The number of guanidine groups is 1. The molecule has 1 saturated heterocycles. The number of rotatable bonds is 7. The molecule has 0 unspecified atom stereocenters. The highest BCUT2D eigenvalue weighted by molar-refractivity contribution is 14.0. The van der Waals surface area contributed by atoms with Crippen LogP contribution >= 0.6 is 24.0 Å². The van der Waals surface area contributed by atoms with Crippen molar-refractivity contribution >= 4 is 35.6 Å². The van der Waals surface area contributed by atoms with Gasteiger partial charge >= 0.3 is 0 Å². The molecule has 2 rings (SSSR count). The zero-order valence-electron chi connectivity index (χ0n) is 14.7. The van der Waals surface area contributed by atoms with Gasteiger partial charge in [-0.1, -0.05) is 6.07 Å². The maximum absolute atomic E-state index is 5.92. The Bertz CT molecular complexity index is 497. The maximum Gasteiger partial charge on any atom is 0.193 e. The highest BCUT2D eigenvalue weighted by Gasteiger charge is 2.13. The SMILES string of the molecule is Cc1cc(C)cc(NC(N)=NCCCOCC2CCOCC2)c1.I. The number of aryl methyl sites for hydroxylation is 2. The van der Waals surface area contributed by atoms with Crippen LogP contribution in [0.15, 0.2) is 23.2 Å². The van der Waals surface area contributed by atoms with Gasteiger partial charge in [-0.2, -0.15) is 0 Å². The summed E-state index contributed by atoms with van der Waals surface area (Å²) >= 11 is 0. The average Bonchev–Trinajstić information content (AvgIpc) is 2.50. The predicted molar refractivity (Wildman–Crippen MR) is 110 cm³/mol. The molecule has 3 N–H and O–H groups in total. The summed E-state index contributed by atoms with van der Waals surface area (Å²) in [4.78, 5) is 4.35. The van der Waals surface area contributed by atoms with Crippen molar-refractivity contribution in [3.05, 3.63) is 29.3 Å². The molecule has 1 aliphatic rings. The van der Waals surface area contributed by atoms with E-state index in [4.69, 9.17) is 15.2 Å². The van der Waals surface area contributed by atoms with E-state index >= 15 is 0 Å². The fourth-order valence-corrected chi connectivity index (χ4v) is 2.76. The van der Waals surface area contributed by atoms with E-state index in [1.54, 1.807) is 0 Å². The van der Waals surface area contributed by atoms with Crippen LogP contribution in [-0.2, 0) is 9.47 Å². The summed E-state index contributed by atoms with van der Waals surface area (Å²) in [7, 11) is 0. The van der Waals surface area contributed by atoms with Crippen molar-refractivity contribution in [2.75, 3.05) is 38.3 Å². The normalized spacial score (nSPS) is 15.8. The van der Waals surface area contributed by atoms with E-state index < -0.39 is 0 Å². The highest BCUT2D eigenvalue weighted by Crippen LogP contribution is 2.15. The third-order valence-electron chi connectivity index (χ3n) is 3.92. The zero-order chi connectivity index (χ0) is 16.5. The minimum atomic E-state index is 0. The van der Waals surface area contributed by atoms with Crippen molar-refractivity contribution in [2.45, 2.75) is 33.1 Å². The molecule has 1 aliphatic heterocycles. The Kier molecular flexibility index (Phi) is 10.3. The van der Waals surface area contributed by atoms with Crippen LogP contribution in [0.2, 0.25) is 0 Å². The minimum Gasteiger partial charge on any atom is -0.381 e. The van der Waals surface area contributed by atoms with Gasteiger partial charge in [0.15, 0.2) is 5.96 Å². The molecular weight excluding hydrogens is 417 g/mol. The molecule has 0 aliphatic carbocycles. The molecule has 1 aromatic rings. The zero-order valence-corrected chi connectivity index (χ0v) is 17.0. The molecule has 0 atom stereocenters. The number of nitrogens with two attached hydrogens (primary N) is 1. The lowest BCUT2D eigenvalue weighted by molar-refractivity contribution is 0.0205. The number of ether oxygens (including phenoxy) is 2. The molecule has 6 heteroatoms. The van der Waals surface area contributed by atoms with Gasteiger partial charge in [0.05, 0.1) is 0 Å². The summed E-state index contributed by atoms with van der Waals surface area (Å²) in [6, 6.07) is 6.26. The second-order valence-electron chi connectivity index (χ2n) is 6.25. The number of anilines is 1. The topological polar surface area (TPSA) is 68.9 Å². The summed E-state index contributed by atoms with van der Waals surface area (Å²) in [6.07, 6.45) is 3.12. The molecule has 136 valence electrons. The molecule has 0 amide bonds. The number of hydrogen-bond acceptors (Lipinski definition) is 3. The van der Waals surface area contributed by atoms with Crippen molar-refractivity contribution in [1.29, 1.82) is 0 Å². The van der Waals surface area contributed by atoms with Crippen LogP contribution in [-0.4, -0.2) is 38.9 Å². The van der Waals surface area contributed by atoms with Crippen LogP contribution in [0.1, 0.15) is 30.4 Å². The van der Waals surface area contributed by atoms with Gasteiger partial charge in [-0.05, 0) is 62.3 Å². The summed E-state index contributed by atoms with van der Waals surface area (Å²) < 4.78 is 11.1. The average molecular weight is 447 g/mol. The Balaban J connectivity index is 0.00000288. The molecule has 5 nitrogen and oxygen atoms in total. The van der Waals surface area contributed by atoms with Crippen LogP contribution in [0.3, 0.4) is 0 Å². The third kappa shape index (κ3) is 8.30. The van der Waals surface area contributed by atoms with E-state index in [1.807, 2.05) is 0 Å². The molecule has 1 fully saturated rings. The Morgan fingerprint density at radius 2 is 1.92 bits per heavy atom. The Hall–Kier alpha value is -0.860. The Morgan fingerprint density at radius 3 is 2.58 bits per heavy atom. The quantitative estimate of drug-likeness (QED) is 0.291. The first-order chi connectivity index (χ1) is 11.1. The van der Waals surface area contributed by atoms with E-state index in [1.165, 1.54) is 11.1 Å². The van der Waals surface area contributed by atoms with Crippen molar-refractivity contribution < 1.29 is 9.47 Å². The fourth-order valence-electron chi connectivity index (χ4n) is 2.76. The van der Waals surface area contributed by atoms with Crippen LogP contribution in [0.4, 0.5) is 5.69 Å². The largest absolute Gasteiger partial charge is 0.381 e. The van der Waals surface area contributed by atoms with Gasteiger partial charge in [-0.25, -0.2) is 0 Å². The molecule has 1 heterocycles. The van der Waals surface area contributed by atoms with Crippen LogP contribution in [0, 0.1) is 19.8 Å². The second-order valence-corrected chi connectivity index (χ2v) is 6.25. The molecule has 0 bridgehead atoms. The highest BCUT2D eigenvalue weighted by atomic mass is 127. The van der Waals surface area contributed by atoms with Crippen LogP contribution in [0.25, 0.3) is 0 Å². The van der Waals surface area contributed by atoms with Crippen molar-refractivity contribution in [1.82, 2.24) is 0 Å². The number of hydrogen-bond donors (Lipinski definition) is 2. The van der Waals surface area contributed by atoms with Crippen LogP contribution in [0.5, 0.6) is 0 Å². The standard InChI is InChI=1S/C18H29N3O2.HI/c1-14-10-15(2)12-17(11-14)21-18(19)20-6-3-7-23-13-16-4-8-22-9-5-16;/h10-12,16H,3-9,13H2,1-2H3,(H3,19,20,21);1H. The van der Waals surface area contributed by atoms with Gasteiger partial charge in [0.1, 0.15) is 0 Å². The first-order valence-corrected chi connectivity index (χ1v) is 8.44. The van der Waals surface area contributed by atoms with Crippen LogP contribution < -0.4 is 11.1 Å². The van der Waals surface area contributed by atoms with Gasteiger partial charge < -0.3 is 20.5 Å². The monoisotopic (exact) mass is 447 g/mol. The van der Waals surface area contributed by atoms with E-state index in [9.17, 15) is 0 Å². The van der Waals surface area contributed by atoms with Gasteiger partial charge in [0.25, 0.3) is 0 Å². The number of aliphatic imine (C=N–C) groups is 1. The summed E-state index contributed by atoms with van der Waals surface area (Å²) in [5.41, 5.74) is 9.33. The molecule has 24 heavy (non-hydrogen) atoms. The fraction of sp³-hybridized carbons (Fsp3) is 0.611. The van der Waals surface area contributed by atoms with E-state index in [0.29, 0.717) is 18.4 Å². The summed E-state index contributed by atoms with van der Waals surface area (Å²) in [6.45, 7) is 8.14. The minimum absolute atomic E-state index is 0. The van der Waals surface area contributed by atoms with Crippen molar-refractivity contribution in [2.24, 2.45) is 16.6 Å². The number of nitrogens with zero attached hydrogens (tertiary/aromatic N) is 1. The van der Waals surface area contributed by atoms with E-state index in [0.717, 1.165) is 51.4 Å². The summed E-state index contributed by atoms with van der Waals surface area (Å²) in [5.74, 6) is 1.11. The van der Waals surface area contributed by atoms with Gasteiger partial charge in [-0.15, -0.1) is 24.0 Å². The van der Waals surface area contributed by atoms with Gasteiger partial charge in [0.2, 0.25) is 0 Å². The lowest BCUT2D eigenvalue weighted by Crippen LogP contribution is -2.23. The summed E-state index contributed by atoms with van der Waals surface area (Å²) in [5, 5.41) is 3.14. The lowest BCUT2D eigenvalue weighted by atomic mass is 10.0. The van der Waals surface area contributed by atoms with Gasteiger partial charge in [0, 0.05) is 38.7 Å². The van der Waals surface area contributed by atoms with E-state index in [-0.39, 0.29) is 24.0 Å². The molecule has 0 aromatic heterocycles. The van der Waals surface area contributed by atoms with Crippen molar-refractivity contribution in [3.63, 3.8) is 0 Å². The first-order valence-electron chi connectivity index (χ1n) is 8.44. The molecule has 0 saturated carbocycles.